The molecule has 0 bridgehead atoms. The fourth-order valence-corrected chi connectivity index (χ4v) is 3.54. The molecule has 5 nitrogen and oxygen atoms in total. The molecule has 1 amide bonds. The van der Waals surface area contributed by atoms with Gasteiger partial charge in [0.15, 0.2) is 0 Å². The Morgan fingerprint density at radius 2 is 2.00 bits per heavy atom. The van der Waals surface area contributed by atoms with E-state index in [0.29, 0.717) is 17.8 Å². The normalized spacial score (nSPS) is 18.2. The van der Waals surface area contributed by atoms with Gasteiger partial charge in [-0.05, 0) is 19.3 Å². The lowest BCUT2D eigenvalue weighted by Crippen LogP contribution is -2.47. The Bertz CT molecular complexity index is 684. The Kier molecular flexibility index (Phi) is 4.20. The lowest BCUT2D eigenvalue weighted by atomic mass is 10.0. The van der Waals surface area contributed by atoms with Crippen LogP contribution in [-0.4, -0.2) is 39.5 Å². The standard InChI is InChI=1S/C16H16N2O3S/c19-15(18-9-5-4-8-12(18)16(20)21)13-10-17-14(22-13)11-6-2-1-3-7-11/h1-3,6-7,10,12H,4-5,8-9H2,(H,20,21). The van der Waals surface area contributed by atoms with Crippen LogP contribution in [0, 0.1) is 0 Å². The molecule has 0 radical (unpaired) electrons. The van der Waals surface area contributed by atoms with E-state index in [1.807, 2.05) is 30.3 Å². The highest BCUT2D eigenvalue weighted by atomic mass is 32.1. The molecule has 1 aliphatic rings. The number of amides is 1. The van der Waals surface area contributed by atoms with Gasteiger partial charge in [0.1, 0.15) is 15.9 Å². The SMILES string of the molecule is O=C(O)C1CCCCN1C(=O)c1cnc(-c2ccccc2)s1. The Balaban J connectivity index is 1.83. The van der Waals surface area contributed by atoms with Crippen molar-refractivity contribution in [2.75, 3.05) is 6.54 Å². The van der Waals surface area contributed by atoms with E-state index in [9.17, 15) is 14.7 Å². The van der Waals surface area contributed by atoms with E-state index in [-0.39, 0.29) is 5.91 Å². The first-order valence-corrected chi connectivity index (χ1v) is 8.03. The molecule has 1 aromatic heterocycles. The van der Waals surface area contributed by atoms with Gasteiger partial charge < -0.3 is 10.0 Å². The summed E-state index contributed by atoms with van der Waals surface area (Å²) >= 11 is 1.31. The van der Waals surface area contributed by atoms with E-state index >= 15 is 0 Å². The van der Waals surface area contributed by atoms with Gasteiger partial charge in [-0.25, -0.2) is 9.78 Å². The smallest absolute Gasteiger partial charge is 0.326 e. The highest BCUT2D eigenvalue weighted by Crippen LogP contribution is 2.27. The van der Waals surface area contributed by atoms with Gasteiger partial charge in [0.25, 0.3) is 5.91 Å². The van der Waals surface area contributed by atoms with E-state index in [2.05, 4.69) is 4.98 Å². The minimum absolute atomic E-state index is 0.230. The minimum atomic E-state index is -0.930. The summed E-state index contributed by atoms with van der Waals surface area (Å²) in [6, 6.07) is 8.92. The van der Waals surface area contributed by atoms with Crippen LogP contribution in [0.15, 0.2) is 36.5 Å². The molecule has 22 heavy (non-hydrogen) atoms. The van der Waals surface area contributed by atoms with Gasteiger partial charge in [-0.15, -0.1) is 11.3 Å². The van der Waals surface area contributed by atoms with Gasteiger partial charge in [-0.3, -0.25) is 4.79 Å². The van der Waals surface area contributed by atoms with Crippen molar-refractivity contribution in [2.45, 2.75) is 25.3 Å². The molecule has 114 valence electrons. The maximum absolute atomic E-state index is 12.6. The molecular weight excluding hydrogens is 300 g/mol. The second-order valence-electron chi connectivity index (χ2n) is 5.24. The van der Waals surface area contributed by atoms with Crippen molar-refractivity contribution < 1.29 is 14.7 Å². The van der Waals surface area contributed by atoms with E-state index in [0.717, 1.165) is 23.4 Å². The number of hydrogen-bond donors (Lipinski definition) is 1. The molecule has 3 rings (SSSR count). The van der Waals surface area contributed by atoms with Crippen LogP contribution in [0.25, 0.3) is 10.6 Å². The largest absolute Gasteiger partial charge is 0.480 e. The van der Waals surface area contributed by atoms with Crippen LogP contribution in [0.5, 0.6) is 0 Å². The van der Waals surface area contributed by atoms with Crippen LogP contribution in [0.2, 0.25) is 0 Å². The van der Waals surface area contributed by atoms with Crippen LogP contribution in [0.4, 0.5) is 0 Å². The summed E-state index contributed by atoms with van der Waals surface area (Å²) in [5, 5.41) is 10.1. The number of carbonyl (C=O) groups is 2. The Morgan fingerprint density at radius 1 is 1.23 bits per heavy atom. The summed E-state index contributed by atoms with van der Waals surface area (Å²) in [6.07, 6.45) is 3.76. The quantitative estimate of drug-likeness (QED) is 0.945. The van der Waals surface area contributed by atoms with Gasteiger partial charge in [0, 0.05) is 12.1 Å². The van der Waals surface area contributed by atoms with Crippen molar-refractivity contribution in [3.05, 3.63) is 41.4 Å². The number of carboxylic acids is 1. The zero-order valence-corrected chi connectivity index (χ0v) is 12.8. The number of rotatable bonds is 3. The van der Waals surface area contributed by atoms with Gasteiger partial charge in [0.05, 0.1) is 6.20 Å². The maximum atomic E-state index is 12.6. The number of carbonyl (C=O) groups excluding carboxylic acids is 1. The molecular formula is C16H16N2O3S. The predicted molar refractivity (Wildman–Crippen MR) is 83.9 cm³/mol. The third kappa shape index (κ3) is 2.87. The molecule has 1 aromatic carbocycles. The fraction of sp³-hybridized carbons (Fsp3) is 0.312. The summed E-state index contributed by atoms with van der Waals surface area (Å²) in [4.78, 5) is 30.2. The van der Waals surface area contributed by atoms with E-state index in [1.165, 1.54) is 16.2 Å². The van der Waals surface area contributed by atoms with Gasteiger partial charge in [-0.2, -0.15) is 0 Å². The second-order valence-corrected chi connectivity index (χ2v) is 6.27. The Hall–Kier alpha value is -2.21. The monoisotopic (exact) mass is 316 g/mol. The third-order valence-corrected chi connectivity index (χ3v) is 4.82. The topological polar surface area (TPSA) is 70.5 Å². The van der Waals surface area contributed by atoms with Crippen LogP contribution < -0.4 is 0 Å². The predicted octanol–water partition coefficient (Wildman–Crippen LogP) is 2.89. The summed E-state index contributed by atoms with van der Waals surface area (Å²) in [5.74, 6) is -1.16. The van der Waals surface area contributed by atoms with E-state index < -0.39 is 12.0 Å². The summed E-state index contributed by atoms with van der Waals surface area (Å²) in [7, 11) is 0. The van der Waals surface area contributed by atoms with E-state index in [4.69, 9.17) is 0 Å². The Morgan fingerprint density at radius 3 is 2.73 bits per heavy atom. The van der Waals surface area contributed by atoms with Gasteiger partial charge in [-0.1, -0.05) is 30.3 Å². The first kappa shape index (κ1) is 14.7. The molecule has 1 atom stereocenters. The average Bonchev–Trinajstić information content (AvgIpc) is 3.05. The highest BCUT2D eigenvalue weighted by Gasteiger charge is 2.33. The number of piperidine rings is 1. The van der Waals surface area contributed by atoms with Gasteiger partial charge >= 0.3 is 5.97 Å². The number of benzene rings is 1. The zero-order valence-electron chi connectivity index (χ0n) is 11.9. The number of likely N-dealkylation sites (tertiary alicyclic amines) is 1. The number of nitrogens with zero attached hydrogens (tertiary/aromatic N) is 2. The van der Waals surface area contributed by atoms with Gasteiger partial charge in [0.2, 0.25) is 0 Å². The molecule has 2 aromatic rings. The molecule has 1 fully saturated rings. The fourth-order valence-electron chi connectivity index (χ4n) is 2.66. The maximum Gasteiger partial charge on any atom is 0.326 e. The minimum Gasteiger partial charge on any atom is -0.480 e. The van der Waals surface area contributed by atoms with Crippen molar-refractivity contribution in [3.8, 4) is 10.6 Å². The number of thiazole rings is 1. The Labute approximate surface area is 132 Å². The number of hydrogen-bond acceptors (Lipinski definition) is 4. The van der Waals surface area contributed by atoms with E-state index in [1.54, 1.807) is 6.20 Å². The number of carboxylic acid groups (broad SMARTS) is 1. The lowest BCUT2D eigenvalue weighted by Gasteiger charge is -2.32. The third-order valence-electron chi connectivity index (χ3n) is 3.79. The van der Waals surface area contributed by atoms with Crippen molar-refractivity contribution in [3.63, 3.8) is 0 Å². The summed E-state index contributed by atoms with van der Waals surface area (Å²) in [5.41, 5.74) is 0.958. The van der Waals surface area contributed by atoms with Crippen LogP contribution in [0.3, 0.4) is 0 Å². The molecule has 0 aliphatic carbocycles. The second kappa shape index (κ2) is 6.27. The summed E-state index contributed by atoms with van der Waals surface area (Å²) < 4.78 is 0. The molecule has 0 spiro atoms. The molecule has 1 N–H and O–H groups in total. The lowest BCUT2D eigenvalue weighted by molar-refractivity contribution is -0.143. The van der Waals surface area contributed by atoms with Crippen molar-refractivity contribution in [2.24, 2.45) is 0 Å². The molecule has 1 unspecified atom stereocenters. The first-order chi connectivity index (χ1) is 10.7. The van der Waals surface area contributed by atoms with Crippen LogP contribution >= 0.6 is 11.3 Å². The summed E-state index contributed by atoms with van der Waals surface area (Å²) in [6.45, 7) is 0.494. The highest BCUT2D eigenvalue weighted by molar-refractivity contribution is 7.16. The first-order valence-electron chi connectivity index (χ1n) is 7.22. The number of aromatic nitrogens is 1. The van der Waals surface area contributed by atoms with Crippen LogP contribution in [-0.2, 0) is 4.79 Å². The van der Waals surface area contributed by atoms with Crippen molar-refractivity contribution >= 4 is 23.2 Å². The van der Waals surface area contributed by atoms with Crippen molar-refractivity contribution in [1.29, 1.82) is 0 Å². The molecule has 1 aliphatic heterocycles. The zero-order chi connectivity index (χ0) is 15.5. The average molecular weight is 316 g/mol. The molecule has 1 saturated heterocycles. The number of aliphatic carboxylic acids is 1. The molecule has 2 heterocycles. The molecule has 6 heteroatoms. The molecule has 0 saturated carbocycles. The van der Waals surface area contributed by atoms with Crippen molar-refractivity contribution in [1.82, 2.24) is 9.88 Å². The van der Waals surface area contributed by atoms with Crippen LogP contribution in [0.1, 0.15) is 28.9 Å².